The molecule has 1 aromatic heterocycles. The molecular formula is C25H17ClF2N4OS. The van der Waals surface area contributed by atoms with Crippen molar-refractivity contribution in [2.24, 2.45) is 0 Å². The number of hydrogen-bond donors (Lipinski definition) is 1. The summed E-state index contributed by atoms with van der Waals surface area (Å²) in [5.74, 6) is 0.372. The number of rotatable bonds is 3. The van der Waals surface area contributed by atoms with Crippen LogP contribution < -0.4 is 10.1 Å². The van der Waals surface area contributed by atoms with Gasteiger partial charge < -0.3 is 10.1 Å². The molecule has 9 heteroatoms. The number of benzene rings is 3. The average molecular weight is 495 g/mol. The predicted octanol–water partition coefficient (Wildman–Crippen LogP) is 6.49. The topological polar surface area (TPSA) is 52.0 Å². The molecule has 2 aliphatic heterocycles. The molecular weight excluding hydrogens is 478 g/mol. The van der Waals surface area contributed by atoms with Gasteiger partial charge >= 0.3 is 0 Å². The molecule has 1 N–H and O–H groups in total. The Morgan fingerprint density at radius 1 is 1.06 bits per heavy atom. The van der Waals surface area contributed by atoms with Crippen molar-refractivity contribution < 1.29 is 13.5 Å². The van der Waals surface area contributed by atoms with Gasteiger partial charge in [0.1, 0.15) is 29.5 Å². The Hall–Kier alpha value is -3.36. The van der Waals surface area contributed by atoms with Crippen LogP contribution in [0.1, 0.15) is 28.8 Å². The third-order valence-corrected chi connectivity index (χ3v) is 6.74. The monoisotopic (exact) mass is 494 g/mol. The van der Waals surface area contributed by atoms with E-state index in [1.54, 1.807) is 53.2 Å². The number of nitrogens with one attached hydrogen (secondary N) is 1. The summed E-state index contributed by atoms with van der Waals surface area (Å²) in [6, 6.07) is 17.4. The highest BCUT2D eigenvalue weighted by atomic mass is 35.5. The first kappa shape index (κ1) is 21.2. The lowest BCUT2D eigenvalue weighted by Crippen LogP contribution is -2.32. The largest absolute Gasteiger partial charge is 0.480 e. The second-order valence-electron chi connectivity index (χ2n) is 7.94. The maximum atomic E-state index is 15.2. The molecule has 0 bridgehead atoms. The molecule has 0 unspecified atom stereocenters. The van der Waals surface area contributed by atoms with Crippen LogP contribution in [-0.4, -0.2) is 21.0 Å². The maximum absolute atomic E-state index is 15.2. The number of nitrogens with zero attached hydrogens (tertiary/aromatic N) is 3. The normalized spacial score (nSPS) is 18.5. The first-order valence-corrected chi connectivity index (χ1v) is 12.1. The third kappa shape index (κ3) is 3.36. The average Bonchev–Trinajstić information content (AvgIpc) is 3.26. The SMILES string of the molecule is CSc1nc2n(n1)[C@H](c1ccccc1F)C1=C(N2)c2cc(Cl)ccc2O[C@H]1c1ccc(F)cc1. The third-order valence-electron chi connectivity index (χ3n) is 5.97. The Kier molecular flexibility index (Phi) is 5.08. The highest BCUT2D eigenvalue weighted by Gasteiger charge is 2.42. The van der Waals surface area contributed by atoms with E-state index in [1.807, 2.05) is 6.26 Å². The van der Waals surface area contributed by atoms with Crippen molar-refractivity contribution in [3.05, 3.63) is 106 Å². The van der Waals surface area contributed by atoms with Crippen LogP contribution in [0.25, 0.3) is 5.70 Å². The fourth-order valence-electron chi connectivity index (χ4n) is 4.48. The van der Waals surface area contributed by atoms with Gasteiger partial charge in [-0.3, -0.25) is 0 Å². The van der Waals surface area contributed by atoms with Crippen LogP contribution in [0.4, 0.5) is 14.7 Å². The van der Waals surface area contributed by atoms with Crippen LogP contribution in [0, 0.1) is 11.6 Å². The van der Waals surface area contributed by atoms with Gasteiger partial charge in [-0.05, 0) is 48.2 Å². The number of halogens is 3. The van der Waals surface area contributed by atoms with Crippen LogP contribution in [0.2, 0.25) is 5.02 Å². The zero-order valence-corrected chi connectivity index (χ0v) is 19.4. The van der Waals surface area contributed by atoms with Crippen molar-refractivity contribution in [2.45, 2.75) is 17.3 Å². The molecule has 2 atom stereocenters. The van der Waals surface area contributed by atoms with Gasteiger partial charge in [0.05, 0.1) is 5.70 Å². The summed E-state index contributed by atoms with van der Waals surface area (Å²) in [5, 5.41) is 9.11. The molecule has 0 fully saturated rings. The number of anilines is 1. The molecule has 0 saturated carbocycles. The van der Waals surface area contributed by atoms with E-state index in [0.29, 0.717) is 27.4 Å². The lowest BCUT2D eigenvalue weighted by molar-refractivity contribution is 0.222. The van der Waals surface area contributed by atoms with Gasteiger partial charge in [0.15, 0.2) is 0 Å². The Labute approximate surface area is 203 Å². The Balaban J connectivity index is 1.66. The molecule has 4 aromatic rings. The second kappa shape index (κ2) is 8.14. The van der Waals surface area contributed by atoms with Crippen molar-refractivity contribution in [1.82, 2.24) is 14.8 Å². The van der Waals surface area contributed by atoms with Crippen LogP contribution in [0.5, 0.6) is 5.75 Å². The lowest BCUT2D eigenvalue weighted by Gasteiger charge is -2.39. The fourth-order valence-corrected chi connectivity index (χ4v) is 5.00. The zero-order valence-electron chi connectivity index (χ0n) is 17.8. The summed E-state index contributed by atoms with van der Waals surface area (Å²) in [4.78, 5) is 4.59. The van der Waals surface area contributed by atoms with E-state index in [4.69, 9.17) is 16.3 Å². The lowest BCUT2D eigenvalue weighted by atomic mass is 9.84. The van der Waals surface area contributed by atoms with E-state index in [2.05, 4.69) is 15.4 Å². The minimum absolute atomic E-state index is 0.350. The molecule has 170 valence electrons. The van der Waals surface area contributed by atoms with Crippen LogP contribution in [-0.2, 0) is 0 Å². The van der Waals surface area contributed by atoms with E-state index < -0.39 is 12.1 Å². The molecule has 0 saturated heterocycles. The van der Waals surface area contributed by atoms with Crippen LogP contribution >= 0.6 is 23.4 Å². The van der Waals surface area contributed by atoms with Crippen molar-refractivity contribution in [3.8, 4) is 5.75 Å². The highest BCUT2D eigenvalue weighted by molar-refractivity contribution is 7.98. The molecule has 0 amide bonds. The maximum Gasteiger partial charge on any atom is 0.227 e. The molecule has 0 aliphatic carbocycles. The van der Waals surface area contributed by atoms with E-state index in [1.165, 1.54) is 30.0 Å². The Morgan fingerprint density at radius 2 is 1.85 bits per heavy atom. The molecule has 3 heterocycles. The summed E-state index contributed by atoms with van der Waals surface area (Å²) in [5.41, 5.74) is 3.35. The summed E-state index contributed by atoms with van der Waals surface area (Å²) >= 11 is 7.73. The Bertz CT molecular complexity index is 1450. The predicted molar refractivity (Wildman–Crippen MR) is 128 cm³/mol. The van der Waals surface area contributed by atoms with Crippen molar-refractivity contribution >= 4 is 35.0 Å². The summed E-state index contributed by atoms with van der Waals surface area (Å²) in [6.45, 7) is 0. The molecule has 5 nitrogen and oxygen atoms in total. The van der Waals surface area contributed by atoms with E-state index >= 15 is 4.39 Å². The van der Waals surface area contributed by atoms with Gasteiger partial charge in [-0.15, -0.1) is 5.10 Å². The summed E-state index contributed by atoms with van der Waals surface area (Å²) in [6.07, 6.45) is 1.25. The quantitative estimate of drug-likeness (QED) is 0.330. The van der Waals surface area contributed by atoms with Gasteiger partial charge in [0, 0.05) is 21.7 Å². The van der Waals surface area contributed by atoms with Gasteiger partial charge in [-0.2, -0.15) is 4.98 Å². The van der Waals surface area contributed by atoms with E-state index in [0.717, 1.165) is 22.4 Å². The molecule has 34 heavy (non-hydrogen) atoms. The molecule has 0 radical (unpaired) electrons. The molecule has 0 spiro atoms. The number of ether oxygens (including phenoxy) is 1. The standard InChI is InChI=1S/C25H17ClF2N4OS/c1-34-25-30-24-29-21-17-12-14(26)8-11-19(17)33-23(13-6-9-15(27)10-7-13)20(21)22(32(24)31-25)16-4-2-3-5-18(16)28/h2-12,22-23H,1H3,(H,29,30,31)/t22-,23+/m1/s1. The van der Waals surface area contributed by atoms with Crippen molar-refractivity contribution in [3.63, 3.8) is 0 Å². The minimum Gasteiger partial charge on any atom is -0.480 e. The number of aromatic nitrogens is 3. The first-order valence-electron chi connectivity index (χ1n) is 10.5. The van der Waals surface area contributed by atoms with Gasteiger partial charge in [0.25, 0.3) is 0 Å². The highest BCUT2D eigenvalue weighted by Crippen LogP contribution is 2.51. The van der Waals surface area contributed by atoms with E-state index in [9.17, 15) is 4.39 Å². The van der Waals surface area contributed by atoms with Crippen molar-refractivity contribution in [2.75, 3.05) is 11.6 Å². The number of hydrogen-bond acceptors (Lipinski definition) is 5. The molecule has 2 aliphatic rings. The number of thioether (sulfide) groups is 1. The Morgan fingerprint density at radius 3 is 2.62 bits per heavy atom. The summed E-state index contributed by atoms with van der Waals surface area (Å²) < 4.78 is 37.1. The summed E-state index contributed by atoms with van der Waals surface area (Å²) in [7, 11) is 0. The fraction of sp³-hybridized carbons (Fsp3) is 0.120. The molecule has 3 aromatic carbocycles. The van der Waals surface area contributed by atoms with Crippen molar-refractivity contribution in [1.29, 1.82) is 0 Å². The van der Waals surface area contributed by atoms with Crippen LogP contribution in [0.3, 0.4) is 0 Å². The minimum atomic E-state index is -0.650. The van der Waals surface area contributed by atoms with E-state index in [-0.39, 0.29) is 11.6 Å². The smallest absolute Gasteiger partial charge is 0.227 e. The van der Waals surface area contributed by atoms with Gasteiger partial charge in [-0.1, -0.05) is 53.7 Å². The first-order chi connectivity index (χ1) is 16.5. The van der Waals surface area contributed by atoms with Gasteiger partial charge in [0.2, 0.25) is 11.1 Å². The number of fused-ring (bicyclic) bond motifs is 3. The van der Waals surface area contributed by atoms with Crippen LogP contribution in [0.15, 0.2) is 77.5 Å². The zero-order chi connectivity index (χ0) is 23.4. The second-order valence-corrected chi connectivity index (χ2v) is 9.15. The molecule has 6 rings (SSSR count). The van der Waals surface area contributed by atoms with Gasteiger partial charge in [-0.25, -0.2) is 13.5 Å².